The number of carbonyl (C=O) groups excluding carboxylic acids is 4. The number of hydrogen-bond acceptors (Lipinski definition) is 12. The quantitative estimate of drug-likeness (QED) is 0.0966. The number of nitrogens with one attached hydrogen (secondary N) is 2. The van der Waals surface area contributed by atoms with E-state index >= 15 is 0 Å². The molecule has 0 saturated heterocycles. The Morgan fingerprint density at radius 1 is 0.384 bits per heavy atom. The van der Waals surface area contributed by atoms with E-state index in [0.29, 0.717) is 56.0 Å². The van der Waals surface area contributed by atoms with Crippen LogP contribution in [-0.2, 0) is 98.3 Å². The number of phenolic OH excluding ortho intramolecular Hbond substituents is 2. The first-order chi connectivity index (χ1) is 40.6. The van der Waals surface area contributed by atoms with Crippen molar-refractivity contribution in [3.63, 3.8) is 0 Å². The van der Waals surface area contributed by atoms with Gasteiger partial charge in [0.05, 0.1) is 26.4 Å². The SMILES string of the molecule is CC(C)(C)c1cc2c(O)c(c1)Cc1cc(C(C)(C)C)cc3c1OCC(=O)N[C@H](Cc1ccccc1)C(=O)OCCOCCOCCOC(=O)[C@H](Cc1ccccc1)NC(=O)COc1c(cc(C(C)(C)C)cc1Cc1cc(C(C)(C)C)cc(c1O)C3)C2. The van der Waals surface area contributed by atoms with Gasteiger partial charge in [-0.25, -0.2) is 9.59 Å². The largest absolute Gasteiger partial charge is 0.507 e. The molecule has 2 amide bonds. The van der Waals surface area contributed by atoms with Crippen LogP contribution in [0.1, 0.15) is 161 Å². The first-order valence-corrected chi connectivity index (χ1v) is 30.0. The van der Waals surface area contributed by atoms with Crippen molar-refractivity contribution in [3.05, 3.63) is 187 Å². The molecule has 0 saturated carbocycles. The fourth-order valence-corrected chi connectivity index (χ4v) is 10.8. The molecule has 9 rings (SSSR count). The Morgan fingerprint density at radius 3 is 0.930 bits per heavy atom. The molecule has 1 aliphatic carbocycles. The van der Waals surface area contributed by atoms with E-state index in [4.69, 9.17) is 28.4 Å². The molecule has 14 heteroatoms. The maximum Gasteiger partial charge on any atom is 0.329 e. The Bertz CT molecular complexity index is 3060. The van der Waals surface area contributed by atoms with E-state index in [9.17, 15) is 29.4 Å². The third-order valence-electron chi connectivity index (χ3n) is 15.8. The summed E-state index contributed by atoms with van der Waals surface area (Å²) in [6, 6.07) is 33.0. The Hall–Kier alpha value is -7.68. The van der Waals surface area contributed by atoms with Gasteiger partial charge in [0.1, 0.15) is 48.3 Å². The van der Waals surface area contributed by atoms with Crippen molar-refractivity contribution in [2.45, 2.75) is 155 Å². The van der Waals surface area contributed by atoms with E-state index in [1.807, 2.05) is 84.9 Å². The van der Waals surface area contributed by atoms with Crippen LogP contribution in [0.2, 0.25) is 0 Å². The molecule has 0 unspecified atom stereocenters. The van der Waals surface area contributed by atoms with E-state index in [1.165, 1.54) is 0 Å². The monoisotopic (exact) mass is 1170 g/mol. The number of carbonyl (C=O) groups is 4. The van der Waals surface area contributed by atoms with Crippen LogP contribution in [0.25, 0.3) is 0 Å². The topological polar surface area (TPSA) is 188 Å². The number of fused-ring (bicyclic) bond motifs is 21. The van der Waals surface area contributed by atoms with Crippen molar-refractivity contribution >= 4 is 23.8 Å². The van der Waals surface area contributed by atoms with Crippen molar-refractivity contribution in [2.24, 2.45) is 0 Å². The van der Waals surface area contributed by atoms with Gasteiger partial charge in [-0.2, -0.15) is 0 Å². The minimum absolute atomic E-state index is 0.0517. The summed E-state index contributed by atoms with van der Waals surface area (Å²) in [5, 5.41) is 31.6. The molecule has 86 heavy (non-hydrogen) atoms. The summed E-state index contributed by atoms with van der Waals surface area (Å²) in [6.45, 7) is 24.8. The second-order valence-corrected chi connectivity index (χ2v) is 27.0. The van der Waals surface area contributed by atoms with Gasteiger partial charge in [0.15, 0.2) is 13.2 Å². The van der Waals surface area contributed by atoms with E-state index in [1.54, 1.807) is 0 Å². The Labute approximate surface area is 508 Å². The van der Waals surface area contributed by atoms with Crippen LogP contribution < -0.4 is 20.1 Å². The van der Waals surface area contributed by atoms with Gasteiger partial charge in [-0.3, -0.25) is 9.59 Å². The number of rotatable bonds is 4. The van der Waals surface area contributed by atoms with Crippen LogP contribution in [0.3, 0.4) is 0 Å². The standard InChI is InChI=1S/C72H88N2O12/c1-69(2,3)55-35-47-31-51-39-57(71(7,8)9)41-53-33-49-37-56(70(4,5)6)38-50(64(49)78)34-54-42-58(72(10,11)12)40-52(32-48(36-55)63(47)77)66(54)86-44-62(76)74-60(30-46-21-17-14-18-22-46)68(80)84-28-26-82-24-23-81-25-27-83-67(79)59(29-45-19-15-13-16-20-45)73-61(75)43-85-65(51)53/h13-22,35-42,59-60,77-78H,23-34,43-44H2,1-12H3,(H,73,75)(H,74,76)/t59-,60+. The highest BCUT2D eigenvalue weighted by atomic mass is 16.6. The van der Waals surface area contributed by atoms with Gasteiger partial charge in [-0.15, -0.1) is 0 Å². The normalized spacial score (nSPS) is 17.7. The summed E-state index contributed by atoms with van der Waals surface area (Å²) in [4.78, 5) is 56.7. The predicted octanol–water partition coefficient (Wildman–Crippen LogP) is 11.3. The van der Waals surface area contributed by atoms with Crippen LogP contribution in [0.15, 0.2) is 109 Å². The highest BCUT2D eigenvalue weighted by Gasteiger charge is 2.31. The smallest absolute Gasteiger partial charge is 0.329 e. The van der Waals surface area contributed by atoms with Crippen LogP contribution >= 0.6 is 0 Å². The average molecular weight is 1170 g/mol. The van der Waals surface area contributed by atoms with Gasteiger partial charge in [0.25, 0.3) is 11.8 Å². The molecular weight excluding hydrogens is 1080 g/mol. The maximum atomic E-state index is 14.4. The van der Waals surface area contributed by atoms with E-state index in [-0.39, 0.29) is 111 Å². The first-order valence-electron chi connectivity index (χ1n) is 30.0. The lowest BCUT2D eigenvalue weighted by Gasteiger charge is -2.28. The molecule has 6 aromatic rings. The number of amides is 2. The van der Waals surface area contributed by atoms with Crippen molar-refractivity contribution < 1.29 is 57.8 Å². The Morgan fingerprint density at radius 2 is 0.651 bits per heavy atom. The molecule has 10 bridgehead atoms. The first kappa shape index (κ1) is 64.3. The van der Waals surface area contributed by atoms with Crippen LogP contribution in [0.5, 0.6) is 23.0 Å². The van der Waals surface area contributed by atoms with E-state index < -0.39 is 49.1 Å². The maximum absolute atomic E-state index is 14.4. The molecule has 2 atom stereocenters. The van der Waals surface area contributed by atoms with Crippen LogP contribution in [-0.4, -0.2) is 98.9 Å². The molecule has 0 aromatic heterocycles. The Balaban J connectivity index is 1.33. The summed E-state index contributed by atoms with van der Waals surface area (Å²) >= 11 is 0. The van der Waals surface area contributed by atoms with Gasteiger partial charge in [0.2, 0.25) is 0 Å². The van der Waals surface area contributed by atoms with E-state index in [2.05, 4.69) is 118 Å². The Kier molecular flexibility index (Phi) is 20.5. The second-order valence-electron chi connectivity index (χ2n) is 27.0. The summed E-state index contributed by atoms with van der Waals surface area (Å²) in [6.07, 6.45) is 1.000. The molecule has 0 fully saturated rings. The van der Waals surface area contributed by atoms with Gasteiger partial charge in [0, 0.05) is 38.5 Å². The lowest BCUT2D eigenvalue weighted by molar-refractivity contribution is -0.150. The molecule has 14 nitrogen and oxygen atoms in total. The number of aromatic hydroxyl groups is 2. The molecule has 0 radical (unpaired) electrons. The summed E-state index contributed by atoms with van der Waals surface area (Å²) in [5.41, 5.74) is 9.24. The third kappa shape index (κ3) is 17.1. The summed E-state index contributed by atoms with van der Waals surface area (Å²) < 4.78 is 36.5. The summed E-state index contributed by atoms with van der Waals surface area (Å²) in [5.74, 6) is -1.47. The minimum atomic E-state index is -1.08. The van der Waals surface area contributed by atoms with Gasteiger partial charge < -0.3 is 49.3 Å². The fourth-order valence-electron chi connectivity index (χ4n) is 10.8. The zero-order valence-electron chi connectivity index (χ0n) is 52.4. The van der Waals surface area contributed by atoms with Gasteiger partial charge in [-0.1, -0.05) is 192 Å². The molecule has 458 valence electrons. The molecule has 4 N–H and O–H groups in total. The number of phenols is 2. The molecule has 0 spiro atoms. The lowest BCUT2D eigenvalue weighted by atomic mass is 9.79. The number of esters is 2. The van der Waals surface area contributed by atoms with Crippen molar-refractivity contribution in [1.29, 1.82) is 0 Å². The third-order valence-corrected chi connectivity index (χ3v) is 15.8. The zero-order chi connectivity index (χ0) is 62.1. The molecular formula is C72H88N2O12. The lowest BCUT2D eigenvalue weighted by Crippen LogP contribution is -2.45. The van der Waals surface area contributed by atoms with Crippen LogP contribution in [0.4, 0.5) is 0 Å². The molecule has 2 aliphatic heterocycles. The molecule has 2 heterocycles. The fraction of sp³-hybridized carbons (Fsp3) is 0.444. The van der Waals surface area contributed by atoms with Crippen molar-refractivity contribution in [2.75, 3.05) is 52.9 Å². The van der Waals surface area contributed by atoms with Gasteiger partial charge in [-0.05, 0) is 99.5 Å². The van der Waals surface area contributed by atoms with Crippen LogP contribution in [0, 0.1) is 0 Å². The average Bonchev–Trinajstić information content (AvgIpc) is 0.927. The van der Waals surface area contributed by atoms with Gasteiger partial charge >= 0.3 is 11.9 Å². The summed E-state index contributed by atoms with van der Waals surface area (Å²) in [7, 11) is 0. The highest BCUT2D eigenvalue weighted by Crippen LogP contribution is 2.44. The zero-order valence-corrected chi connectivity index (χ0v) is 52.4. The highest BCUT2D eigenvalue weighted by molar-refractivity contribution is 5.86. The van der Waals surface area contributed by atoms with Crippen molar-refractivity contribution in [3.8, 4) is 23.0 Å². The number of hydrogen-bond donors (Lipinski definition) is 4. The second kappa shape index (κ2) is 27.4. The number of ether oxygens (including phenoxy) is 6. The number of benzene rings is 6. The van der Waals surface area contributed by atoms with E-state index in [0.717, 1.165) is 33.4 Å². The predicted molar refractivity (Wildman–Crippen MR) is 334 cm³/mol. The minimum Gasteiger partial charge on any atom is -0.507 e. The van der Waals surface area contributed by atoms with Crippen molar-refractivity contribution in [1.82, 2.24) is 10.6 Å². The molecule has 3 aliphatic rings. The molecule has 6 aromatic carbocycles.